The van der Waals surface area contributed by atoms with Gasteiger partial charge >= 0.3 is 5.97 Å². The lowest BCUT2D eigenvalue weighted by Crippen LogP contribution is -2.18. The van der Waals surface area contributed by atoms with Gasteiger partial charge in [-0.2, -0.15) is 0 Å². The van der Waals surface area contributed by atoms with Gasteiger partial charge in [0.15, 0.2) is 5.78 Å². The van der Waals surface area contributed by atoms with E-state index >= 15 is 0 Å². The van der Waals surface area contributed by atoms with E-state index in [2.05, 4.69) is 35.7 Å². The molecule has 0 atom stereocenters. The lowest BCUT2D eigenvalue weighted by Gasteiger charge is -2.19. The third kappa shape index (κ3) is 10.6. The van der Waals surface area contributed by atoms with E-state index in [9.17, 15) is 34.1 Å². The highest BCUT2D eigenvalue weighted by Gasteiger charge is 2.23. The van der Waals surface area contributed by atoms with Crippen molar-refractivity contribution in [2.24, 2.45) is 0 Å². The number of nitro groups is 1. The molecule has 0 aliphatic rings. The van der Waals surface area contributed by atoms with Crippen LogP contribution in [-0.4, -0.2) is 54.2 Å². The number of carbonyl (C=O) groups is 5. The Hall–Kier alpha value is -7.35. The topological polar surface area (TPSA) is 192 Å². The molecule has 0 heterocycles. The maximum absolute atomic E-state index is 13.7. The molecular formula is C42H40N4O10. The van der Waals surface area contributed by atoms with Gasteiger partial charge in [-0.1, -0.05) is 38.0 Å². The molecule has 0 aliphatic heterocycles. The Labute approximate surface area is 323 Å². The number of ketones is 1. The molecule has 0 bridgehead atoms. The molecule has 14 nitrogen and oxygen atoms in total. The number of Topliss-reactive ketones (excluding diaryl/α,β-unsaturated/α-hetero) is 1. The van der Waals surface area contributed by atoms with Gasteiger partial charge in [-0.05, 0) is 74.5 Å². The molecule has 288 valence electrons. The predicted molar refractivity (Wildman–Crippen MR) is 212 cm³/mol. The van der Waals surface area contributed by atoms with Gasteiger partial charge in [0.25, 0.3) is 17.5 Å². The molecule has 0 unspecified atom stereocenters. The third-order valence-electron chi connectivity index (χ3n) is 8.21. The van der Waals surface area contributed by atoms with Gasteiger partial charge in [0.05, 0.1) is 10.5 Å². The van der Waals surface area contributed by atoms with E-state index in [1.807, 2.05) is 0 Å². The lowest BCUT2D eigenvalue weighted by atomic mass is 10.0. The molecule has 0 fully saturated rings. The highest BCUT2D eigenvalue weighted by atomic mass is 16.6. The smallest absolute Gasteiger partial charge is 0.342 e. The van der Waals surface area contributed by atoms with Gasteiger partial charge in [0, 0.05) is 64.3 Å². The number of benzene rings is 4. The number of nitrogens with zero attached hydrogens (tertiary/aromatic N) is 1. The van der Waals surface area contributed by atoms with Crippen LogP contribution < -0.4 is 25.4 Å². The van der Waals surface area contributed by atoms with Crippen molar-refractivity contribution in [2.75, 3.05) is 35.8 Å². The summed E-state index contributed by atoms with van der Waals surface area (Å²) in [7, 11) is 0. The summed E-state index contributed by atoms with van der Waals surface area (Å²) in [5.41, 5.74) is 2.81. The summed E-state index contributed by atoms with van der Waals surface area (Å²) in [4.78, 5) is 74.8. The second-order valence-electron chi connectivity index (χ2n) is 12.1. The number of anilines is 3. The molecule has 4 aromatic rings. The molecule has 0 saturated heterocycles. The number of hydrogen-bond acceptors (Lipinski definition) is 10. The summed E-state index contributed by atoms with van der Waals surface area (Å²) in [6.45, 7) is 14.4. The van der Waals surface area contributed by atoms with Crippen molar-refractivity contribution in [1.29, 1.82) is 0 Å². The van der Waals surface area contributed by atoms with Gasteiger partial charge in [-0.15, -0.1) is 0 Å². The molecule has 4 rings (SSSR count). The minimum absolute atomic E-state index is 0.00897. The molecule has 4 aromatic carbocycles. The highest BCUT2D eigenvalue weighted by Crippen LogP contribution is 2.34. The molecular weight excluding hydrogens is 720 g/mol. The minimum Gasteiger partial charge on any atom is -0.488 e. The van der Waals surface area contributed by atoms with Crippen LogP contribution in [0.1, 0.15) is 65.4 Å². The normalized spacial score (nSPS) is 10.3. The molecule has 56 heavy (non-hydrogen) atoms. The van der Waals surface area contributed by atoms with Crippen LogP contribution in [0.25, 0.3) is 0 Å². The largest absolute Gasteiger partial charge is 0.488 e. The first-order valence-electron chi connectivity index (χ1n) is 17.2. The first-order valence-corrected chi connectivity index (χ1v) is 17.2. The first kappa shape index (κ1) is 41.4. The second-order valence-corrected chi connectivity index (χ2v) is 12.1. The Morgan fingerprint density at radius 3 is 1.71 bits per heavy atom. The summed E-state index contributed by atoms with van der Waals surface area (Å²) in [6, 6.07) is 17.4. The maximum atomic E-state index is 13.7. The average molecular weight is 761 g/mol. The zero-order valence-electron chi connectivity index (χ0n) is 30.8. The molecule has 0 saturated carbocycles. The first-order chi connectivity index (χ1) is 26.9. The Morgan fingerprint density at radius 1 is 0.643 bits per heavy atom. The van der Waals surface area contributed by atoms with Crippen molar-refractivity contribution >= 4 is 52.2 Å². The lowest BCUT2D eigenvalue weighted by molar-refractivity contribution is -0.384. The summed E-state index contributed by atoms with van der Waals surface area (Å²) >= 11 is 0. The number of non-ortho nitro benzene ring substituents is 1. The number of ether oxygens (including phenoxy) is 3. The van der Waals surface area contributed by atoms with E-state index in [1.54, 1.807) is 26.0 Å². The van der Waals surface area contributed by atoms with E-state index < -0.39 is 28.6 Å². The van der Waals surface area contributed by atoms with Gasteiger partial charge < -0.3 is 30.2 Å². The fraction of sp³-hybridized carbons (Fsp3) is 0.167. The fourth-order valence-corrected chi connectivity index (χ4v) is 5.32. The van der Waals surface area contributed by atoms with Crippen molar-refractivity contribution in [3.05, 3.63) is 154 Å². The van der Waals surface area contributed by atoms with E-state index in [4.69, 9.17) is 14.2 Å². The quantitative estimate of drug-likeness (QED) is 0.0279. The van der Waals surface area contributed by atoms with Crippen molar-refractivity contribution < 1.29 is 43.1 Å². The van der Waals surface area contributed by atoms with Crippen LogP contribution in [0.15, 0.2) is 111 Å². The summed E-state index contributed by atoms with van der Waals surface area (Å²) in [5, 5.41) is 19.2. The van der Waals surface area contributed by atoms with Crippen LogP contribution in [0.3, 0.4) is 0 Å². The number of hydrogen-bond donors (Lipinski definition) is 3. The number of nitrogens with one attached hydrogen (secondary N) is 3. The molecule has 0 aromatic heterocycles. The fourth-order valence-electron chi connectivity index (χ4n) is 5.32. The van der Waals surface area contributed by atoms with E-state index in [-0.39, 0.29) is 77.9 Å². The number of carbonyl (C=O) groups excluding carboxylic acids is 5. The molecule has 0 spiro atoms. The van der Waals surface area contributed by atoms with Gasteiger partial charge in [0.1, 0.15) is 36.9 Å². The van der Waals surface area contributed by atoms with Crippen LogP contribution in [-0.2, 0) is 9.53 Å². The Balaban J connectivity index is 1.44. The number of rotatable bonds is 19. The summed E-state index contributed by atoms with van der Waals surface area (Å²) in [6.07, 6.45) is 4.26. The van der Waals surface area contributed by atoms with Gasteiger partial charge in [-0.25, -0.2) is 4.79 Å². The van der Waals surface area contributed by atoms with Gasteiger partial charge in [0.2, 0.25) is 5.91 Å². The van der Waals surface area contributed by atoms with Crippen molar-refractivity contribution in [3.8, 4) is 11.5 Å². The standard InChI is InChI=1S/C42H40N4O10/c1-6-23-54-38-26(4)34(19-17-32(38)41(50)45-35-20-18-33(42(51)56-25-8-3)39(27(35)5)55-24-7-2)44-40(49)29-9-13-30(14-10-29)43-37(48)22-21-36(47)28-11-15-31(16-12-28)46(52)53/h6-20H,1-3,21-25H2,4-5H3,(H,43,48)(H,44,49)(H,45,50). The van der Waals surface area contributed by atoms with Crippen molar-refractivity contribution in [2.45, 2.75) is 26.7 Å². The minimum atomic E-state index is -0.620. The molecule has 0 radical (unpaired) electrons. The van der Waals surface area contributed by atoms with Crippen LogP contribution >= 0.6 is 0 Å². The molecule has 14 heteroatoms. The number of amides is 3. The van der Waals surface area contributed by atoms with Gasteiger partial charge in [-0.3, -0.25) is 29.3 Å². The monoisotopic (exact) mass is 760 g/mol. The van der Waals surface area contributed by atoms with E-state index in [0.717, 1.165) is 0 Å². The van der Waals surface area contributed by atoms with Crippen molar-refractivity contribution in [1.82, 2.24) is 0 Å². The molecule has 3 N–H and O–H groups in total. The van der Waals surface area contributed by atoms with Crippen LogP contribution in [0.5, 0.6) is 11.5 Å². The predicted octanol–water partition coefficient (Wildman–Crippen LogP) is 7.79. The number of nitro benzene ring substituents is 1. The SMILES string of the molecule is C=CCOC(=O)c1ccc(NC(=O)c2ccc(NC(=O)c3ccc(NC(=O)CCC(=O)c4ccc([N+](=O)[O-])cc4)cc3)c(C)c2OCC=C)c(C)c1OCC=C. The van der Waals surface area contributed by atoms with Crippen LogP contribution in [0, 0.1) is 24.0 Å². The molecule has 0 aliphatic carbocycles. The third-order valence-corrected chi connectivity index (χ3v) is 8.21. The zero-order valence-corrected chi connectivity index (χ0v) is 30.8. The molecule has 3 amide bonds. The summed E-state index contributed by atoms with van der Waals surface area (Å²) in [5.74, 6) is -1.96. The van der Waals surface area contributed by atoms with Crippen molar-refractivity contribution in [3.63, 3.8) is 0 Å². The summed E-state index contributed by atoms with van der Waals surface area (Å²) < 4.78 is 16.9. The van der Waals surface area contributed by atoms with E-state index in [0.29, 0.717) is 28.2 Å². The zero-order chi connectivity index (χ0) is 40.8. The highest BCUT2D eigenvalue weighted by molar-refractivity contribution is 6.09. The van der Waals surface area contributed by atoms with E-state index in [1.165, 1.54) is 78.9 Å². The number of esters is 1. The van der Waals surface area contributed by atoms with Crippen LogP contribution in [0.4, 0.5) is 22.7 Å². The average Bonchev–Trinajstić information content (AvgIpc) is 3.19. The maximum Gasteiger partial charge on any atom is 0.342 e. The Kier molecular flexibility index (Phi) is 14.5. The Morgan fingerprint density at radius 2 is 1.16 bits per heavy atom. The second kappa shape index (κ2) is 19.6. The Bertz CT molecular complexity index is 2180. The van der Waals surface area contributed by atoms with Crippen LogP contribution in [0.2, 0.25) is 0 Å².